The highest BCUT2D eigenvalue weighted by Crippen LogP contribution is 2.12. The lowest BCUT2D eigenvalue weighted by atomic mass is 10.2. The summed E-state index contributed by atoms with van der Waals surface area (Å²) in [4.78, 5) is 23.5. The molecule has 0 aliphatic carbocycles. The maximum Gasteiger partial charge on any atom is 0.338 e. The number of anilines is 1. The van der Waals surface area contributed by atoms with Crippen LogP contribution in [-0.4, -0.2) is 27.0 Å². The van der Waals surface area contributed by atoms with E-state index in [0.29, 0.717) is 17.9 Å². The summed E-state index contributed by atoms with van der Waals surface area (Å²) in [5.74, 6) is -0.454. The van der Waals surface area contributed by atoms with Gasteiger partial charge in [-0.25, -0.2) is 22.7 Å². The molecule has 25 heavy (non-hydrogen) atoms. The molecule has 0 fully saturated rings. The van der Waals surface area contributed by atoms with Gasteiger partial charge in [-0.2, -0.15) is 0 Å². The Morgan fingerprint density at radius 3 is 2.24 bits per heavy atom. The fourth-order valence-electron chi connectivity index (χ4n) is 1.90. The van der Waals surface area contributed by atoms with Crippen molar-refractivity contribution < 1.29 is 22.7 Å². The fraction of sp³-hybridized carbons (Fsp3) is 0.176. The lowest BCUT2D eigenvalue weighted by molar-refractivity contribution is 0.0505. The fourth-order valence-corrected chi connectivity index (χ4v) is 2.83. The van der Waals surface area contributed by atoms with Crippen molar-refractivity contribution in [3.63, 3.8) is 0 Å². The standard InChI is InChI=1S/C17H18N2O5S/c1-2-12-24-16(20)13-8-10-14(11-9-13)18-17(21)19-25(22,23)15-6-4-3-5-7-15/h3-11H,2,12H2,1H3,(H2,18,19,21). The summed E-state index contributed by atoms with van der Waals surface area (Å²) in [5.41, 5.74) is 0.684. The second-order valence-electron chi connectivity index (χ2n) is 5.09. The number of hydrogen-bond acceptors (Lipinski definition) is 5. The van der Waals surface area contributed by atoms with Gasteiger partial charge in [0.2, 0.25) is 0 Å². The van der Waals surface area contributed by atoms with Crippen LogP contribution in [0.4, 0.5) is 10.5 Å². The minimum absolute atomic E-state index is 0.0147. The van der Waals surface area contributed by atoms with Crippen molar-refractivity contribution >= 4 is 27.7 Å². The summed E-state index contributed by atoms with van der Waals surface area (Å²) in [7, 11) is -3.95. The topological polar surface area (TPSA) is 102 Å². The van der Waals surface area contributed by atoms with E-state index in [1.165, 1.54) is 36.4 Å². The molecule has 2 rings (SSSR count). The first kappa shape index (κ1) is 18.5. The minimum atomic E-state index is -3.95. The molecule has 0 radical (unpaired) electrons. The van der Waals surface area contributed by atoms with E-state index in [1.54, 1.807) is 18.2 Å². The average molecular weight is 362 g/mol. The molecule has 0 saturated carbocycles. The van der Waals surface area contributed by atoms with Crippen LogP contribution in [0.25, 0.3) is 0 Å². The van der Waals surface area contributed by atoms with Crippen molar-refractivity contribution in [1.29, 1.82) is 0 Å². The summed E-state index contributed by atoms with van der Waals surface area (Å²) >= 11 is 0. The van der Waals surface area contributed by atoms with E-state index in [4.69, 9.17) is 4.74 Å². The number of urea groups is 1. The number of esters is 1. The maximum absolute atomic E-state index is 12.0. The summed E-state index contributed by atoms with van der Waals surface area (Å²) in [6, 6.07) is 12.6. The van der Waals surface area contributed by atoms with Gasteiger partial charge < -0.3 is 10.1 Å². The Morgan fingerprint density at radius 1 is 1.00 bits per heavy atom. The van der Waals surface area contributed by atoms with E-state index in [0.717, 1.165) is 6.42 Å². The Bertz CT molecular complexity index is 833. The SMILES string of the molecule is CCCOC(=O)c1ccc(NC(=O)NS(=O)(=O)c2ccccc2)cc1. The molecule has 0 heterocycles. The van der Waals surface area contributed by atoms with Crippen molar-refractivity contribution in [3.05, 3.63) is 60.2 Å². The lowest BCUT2D eigenvalue weighted by Crippen LogP contribution is -2.34. The predicted molar refractivity (Wildman–Crippen MR) is 92.8 cm³/mol. The molecule has 2 aromatic carbocycles. The Labute approximate surface area is 146 Å². The van der Waals surface area contributed by atoms with E-state index >= 15 is 0 Å². The molecule has 0 aliphatic heterocycles. The largest absolute Gasteiger partial charge is 0.462 e. The van der Waals surface area contributed by atoms with Crippen LogP contribution in [0, 0.1) is 0 Å². The first-order valence-corrected chi connectivity index (χ1v) is 9.06. The van der Waals surface area contributed by atoms with Crippen LogP contribution in [0.5, 0.6) is 0 Å². The van der Waals surface area contributed by atoms with Gasteiger partial charge in [-0.15, -0.1) is 0 Å². The van der Waals surface area contributed by atoms with Crippen molar-refractivity contribution in [3.8, 4) is 0 Å². The van der Waals surface area contributed by atoms with Crippen LogP contribution in [0.2, 0.25) is 0 Å². The number of benzene rings is 2. The zero-order valence-corrected chi connectivity index (χ0v) is 14.4. The van der Waals surface area contributed by atoms with Gasteiger partial charge in [0.05, 0.1) is 17.1 Å². The van der Waals surface area contributed by atoms with E-state index in [-0.39, 0.29) is 4.90 Å². The lowest BCUT2D eigenvalue weighted by Gasteiger charge is -2.09. The summed E-state index contributed by atoms with van der Waals surface area (Å²) in [6.45, 7) is 2.22. The molecule has 8 heteroatoms. The first-order valence-electron chi connectivity index (χ1n) is 7.58. The number of rotatable bonds is 6. The van der Waals surface area contributed by atoms with Gasteiger partial charge in [-0.3, -0.25) is 0 Å². The third-order valence-electron chi connectivity index (χ3n) is 3.10. The second kappa shape index (κ2) is 8.29. The third kappa shape index (κ3) is 5.32. The highest BCUT2D eigenvalue weighted by molar-refractivity contribution is 7.90. The number of nitrogens with one attached hydrogen (secondary N) is 2. The minimum Gasteiger partial charge on any atom is -0.462 e. The summed E-state index contributed by atoms with van der Waals surface area (Å²) in [5, 5.41) is 2.40. The number of ether oxygens (including phenoxy) is 1. The van der Waals surface area contributed by atoms with Crippen LogP contribution in [0.3, 0.4) is 0 Å². The van der Waals surface area contributed by atoms with E-state index < -0.39 is 22.0 Å². The summed E-state index contributed by atoms with van der Waals surface area (Å²) < 4.78 is 31.0. The van der Waals surface area contributed by atoms with Gasteiger partial charge in [0, 0.05) is 5.69 Å². The molecular formula is C17H18N2O5S. The van der Waals surface area contributed by atoms with Crippen molar-refractivity contribution in [1.82, 2.24) is 4.72 Å². The molecule has 0 bridgehead atoms. The number of carbonyl (C=O) groups is 2. The molecule has 0 atom stereocenters. The zero-order valence-electron chi connectivity index (χ0n) is 13.6. The number of sulfonamides is 1. The van der Waals surface area contributed by atoms with Crippen molar-refractivity contribution in [2.45, 2.75) is 18.2 Å². The molecule has 2 aromatic rings. The Balaban J connectivity index is 1.98. The molecule has 7 nitrogen and oxygen atoms in total. The predicted octanol–water partition coefficient (Wildman–Crippen LogP) is 2.76. The van der Waals surface area contributed by atoms with Crippen LogP contribution < -0.4 is 10.0 Å². The number of hydrogen-bond donors (Lipinski definition) is 2. The zero-order chi connectivity index (χ0) is 18.3. The van der Waals surface area contributed by atoms with Crippen molar-refractivity contribution in [2.24, 2.45) is 0 Å². The Morgan fingerprint density at radius 2 is 1.64 bits per heavy atom. The van der Waals surface area contributed by atoms with E-state index in [1.807, 2.05) is 11.6 Å². The molecule has 0 unspecified atom stereocenters. The molecule has 0 aliphatic rings. The van der Waals surface area contributed by atoms with E-state index in [2.05, 4.69) is 5.32 Å². The van der Waals surface area contributed by atoms with Crippen LogP contribution >= 0.6 is 0 Å². The first-order chi connectivity index (χ1) is 11.9. The molecule has 132 valence electrons. The molecule has 2 amide bonds. The highest BCUT2D eigenvalue weighted by Gasteiger charge is 2.17. The van der Waals surface area contributed by atoms with E-state index in [9.17, 15) is 18.0 Å². The quantitative estimate of drug-likeness (QED) is 0.770. The summed E-state index contributed by atoms with van der Waals surface area (Å²) in [6.07, 6.45) is 0.724. The molecule has 0 spiro atoms. The van der Waals surface area contributed by atoms with Gasteiger partial charge >= 0.3 is 12.0 Å². The van der Waals surface area contributed by atoms with Gasteiger partial charge in [0.25, 0.3) is 10.0 Å². The third-order valence-corrected chi connectivity index (χ3v) is 4.44. The maximum atomic E-state index is 12.0. The van der Waals surface area contributed by atoms with Gasteiger partial charge in [0.15, 0.2) is 0 Å². The van der Waals surface area contributed by atoms with Crippen LogP contribution in [-0.2, 0) is 14.8 Å². The smallest absolute Gasteiger partial charge is 0.338 e. The highest BCUT2D eigenvalue weighted by atomic mass is 32.2. The monoisotopic (exact) mass is 362 g/mol. The Kier molecular flexibility index (Phi) is 6.13. The van der Waals surface area contributed by atoms with Gasteiger partial charge in [-0.05, 0) is 42.8 Å². The molecular weight excluding hydrogens is 344 g/mol. The van der Waals surface area contributed by atoms with Crippen LogP contribution in [0.15, 0.2) is 59.5 Å². The Hall–Kier alpha value is -2.87. The molecule has 0 saturated heterocycles. The van der Waals surface area contributed by atoms with Gasteiger partial charge in [-0.1, -0.05) is 25.1 Å². The average Bonchev–Trinajstić information content (AvgIpc) is 2.60. The van der Waals surface area contributed by atoms with Gasteiger partial charge in [0.1, 0.15) is 0 Å². The second-order valence-corrected chi connectivity index (χ2v) is 6.77. The van der Waals surface area contributed by atoms with Crippen molar-refractivity contribution in [2.75, 3.05) is 11.9 Å². The number of amides is 2. The number of carbonyl (C=O) groups excluding carboxylic acids is 2. The normalized spacial score (nSPS) is 10.8. The molecule has 0 aromatic heterocycles. The van der Waals surface area contributed by atoms with Crippen LogP contribution in [0.1, 0.15) is 23.7 Å². The molecule has 2 N–H and O–H groups in total.